The maximum Gasteiger partial charge on any atom is 0.227 e. The fourth-order valence-electron chi connectivity index (χ4n) is 1.25. The van der Waals surface area contributed by atoms with Gasteiger partial charge in [-0.25, -0.2) is 0 Å². The summed E-state index contributed by atoms with van der Waals surface area (Å²) in [4.78, 5) is 12.2. The molecule has 0 aromatic carbocycles. The minimum Gasteiger partial charge on any atom is -0.354 e. The molecule has 0 saturated carbocycles. The van der Waals surface area contributed by atoms with Gasteiger partial charge < -0.3 is 20.5 Å². The van der Waals surface area contributed by atoms with Crippen LogP contribution in [0.3, 0.4) is 0 Å². The number of ether oxygens (including phenoxy) is 2. The standard InChI is InChI=1S/C12H26N2O3/c1-8(9(16-6)17-7)14-10(15)11(2,3)12(4,5)13/h8-9H,13H2,1-7H3,(H,14,15). The van der Waals surface area contributed by atoms with Gasteiger partial charge in [-0.3, -0.25) is 4.79 Å². The number of rotatable bonds is 6. The van der Waals surface area contributed by atoms with Crippen molar-refractivity contribution in [2.24, 2.45) is 11.1 Å². The van der Waals surface area contributed by atoms with E-state index in [-0.39, 0.29) is 11.9 Å². The van der Waals surface area contributed by atoms with Gasteiger partial charge in [-0.05, 0) is 34.6 Å². The molecule has 0 radical (unpaired) electrons. The first kappa shape index (κ1) is 16.4. The third-order valence-corrected chi connectivity index (χ3v) is 3.41. The average Bonchev–Trinajstić information content (AvgIpc) is 2.17. The van der Waals surface area contributed by atoms with Gasteiger partial charge in [-0.1, -0.05) is 0 Å². The number of hydrogen-bond acceptors (Lipinski definition) is 4. The first-order valence-electron chi connectivity index (χ1n) is 5.73. The lowest BCUT2D eigenvalue weighted by Gasteiger charge is -2.38. The monoisotopic (exact) mass is 246 g/mol. The third kappa shape index (κ3) is 3.94. The minimum atomic E-state index is -0.673. The Morgan fingerprint density at radius 2 is 1.59 bits per heavy atom. The second kappa shape index (κ2) is 5.80. The SMILES string of the molecule is COC(OC)C(C)NC(=O)C(C)(C)C(C)(C)N. The maximum absolute atomic E-state index is 12.2. The Morgan fingerprint density at radius 1 is 1.18 bits per heavy atom. The molecule has 1 unspecified atom stereocenters. The van der Waals surface area contributed by atoms with Crippen LogP contribution >= 0.6 is 0 Å². The van der Waals surface area contributed by atoms with E-state index >= 15 is 0 Å². The molecule has 1 atom stereocenters. The number of amides is 1. The Labute approximate surface area is 104 Å². The zero-order valence-electron chi connectivity index (χ0n) is 12.0. The fraction of sp³-hybridized carbons (Fsp3) is 0.917. The van der Waals surface area contributed by atoms with Gasteiger partial charge in [0.25, 0.3) is 0 Å². The molecule has 3 N–H and O–H groups in total. The van der Waals surface area contributed by atoms with Crippen LogP contribution in [0.2, 0.25) is 0 Å². The lowest BCUT2D eigenvalue weighted by molar-refractivity contribution is -0.144. The van der Waals surface area contributed by atoms with Crippen LogP contribution < -0.4 is 11.1 Å². The second-order valence-electron chi connectivity index (χ2n) is 5.45. The summed E-state index contributed by atoms with van der Waals surface area (Å²) in [7, 11) is 3.07. The van der Waals surface area contributed by atoms with Gasteiger partial charge in [-0.15, -0.1) is 0 Å². The van der Waals surface area contributed by atoms with Crippen LogP contribution in [-0.2, 0) is 14.3 Å². The predicted molar refractivity (Wildman–Crippen MR) is 67.5 cm³/mol. The van der Waals surface area contributed by atoms with Crippen molar-refractivity contribution in [2.75, 3.05) is 14.2 Å². The molecule has 0 bridgehead atoms. The van der Waals surface area contributed by atoms with Crippen molar-refractivity contribution in [3.8, 4) is 0 Å². The number of carbonyl (C=O) groups is 1. The highest BCUT2D eigenvalue weighted by atomic mass is 16.7. The first-order valence-corrected chi connectivity index (χ1v) is 5.73. The first-order chi connectivity index (χ1) is 7.57. The number of hydrogen-bond donors (Lipinski definition) is 2. The van der Waals surface area contributed by atoms with E-state index in [1.807, 2.05) is 34.6 Å². The Morgan fingerprint density at radius 3 is 1.88 bits per heavy atom. The maximum atomic E-state index is 12.2. The molecule has 0 aromatic rings. The summed E-state index contributed by atoms with van der Waals surface area (Å²) >= 11 is 0. The Hall–Kier alpha value is -0.650. The van der Waals surface area contributed by atoms with E-state index in [2.05, 4.69) is 5.32 Å². The lowest BCUT2D eigenvalue weighted by Crippen LogP contribution is -2.58. The van der Waals surface area contributed by atoms with Crippen molar-refractivity contribution < 1.29 is 14.3 Å². The predicted octanol–water partition coefficient (Wildman–Crippen LogP) is 0.874. The molecule has 0 fully saturated rings. The molecule has 0 spiro atoms. The molecule has 0 aromatic heterocycles. The Bertz CT molecular complexity index is 255. The lowest BCUT2D eigenvalue weighted by atomic mass is 9.74. The quantitative estimate of drug-likeness (QED) is 0.682. The second-order valence-corrected chi connectivity index (χ2v) is 5.45. The molecule has 5 heteroatoms. The molecule has 102 valence electrons. The van der Waals surface area contributed by atoms with Crippen molar-refractivity contribution >= 4 is 5.91 Å². The molecule has 5 nitrogen and oxygen atoms in total. The van der Waals surface area contributed by atoms with Crippen LogP contribution in [-0.4, -0.2) is 38.0 Å². The molecule has 0 aliphatic carbocycles. The van der Waals surface area contributed by atoms with Gasteiger partial charge >= 0.3 is 0 Å². The van der Waals surface area contributed by atoms with Crippen LogP contribution in [0.5, 0.6) is 0 Å². The van der Waals surface area contributed by atoms with Gasteiger partial charge in [0.2, 0.25) is 5.91 Å². The van der Waals surface area contributed by atoms with E-state index in [4.69, 9.17) is 15.2 Å². The highest BCUT2D eigenvalue weighted by molar-refractivity contribution is 5.83. The molecule has 1 amide bonds. The van der Waals surface area contributed by atoms with E-state index < -0.39 is 17.2 Å². The zero-order chi connectivity index (χ0) is 13.9. The summed E-state index contributed by atoms with van der Waals surface area (Å²) in [5, 5.41) is 2.86. The average molecular weight is 246 g/mol. The largest absolute Gasteiger partial charge is 0.354 e. The summed E-state index contributed by atoms with van der Waals surface area (Å²) in [6, 6.07) is -0.237. The molecule has 0 saturated heterocycles. The summed E-state index contributed by atoms with van der Waals surface area (Å²) in [5.41, 5.74) is 4.73. The highest BCUT2D eigenvalue weighted by Gasteiger charge is 2.41. The number of carbonyl (C=O) groups excluding carboxylic acids is 1. The normalized spacial score (nSPS) is 14.9. The molecule has 0 rings (SSSR count). The number of nitrogens with two attached hydrogens (primary N) is 1. The summed E-state index contributed by atoms with van der Waals surface area (Å²) < 4.78 is 10.2. The highest BCUT2D eigenvalue weighted by Crippen LogP contribution is 2.28. The van der Waals surface area contributed by atoms with Gasteiger partial charge in [0, 0.05) is 19.8 Å². The topological polar surface area (TPSA) is 73.6 Å². The molecule has 0 aliphatic heterocycles. The van der Waals surface area contributed by atoms with E-state index in [0.717, 1.165) is 0 Å². The zero-order valence-corrected chi connectivity index (χ0v) is 12.0. The van der Waals surface area contributed by atoms with Crippen LogP contribution in [0.4, 0.5) is 0 Å². The van der Waals surface area contributed by atoms with Crippen molar-refractivity contribution in [3.63, 3.8) is 0 Å². The Kier molecular flexibility index (Phi) is 5.58. The van der Waals surface area contributed by atoms with Gasteiger partial charge in [0.1, 0.15) is 0 Å². The van der Waals surface area contributed by atoms with Crippen LogP contribution in [0.1, 0.15) is 34.6 Å². The number of methoxy groups -OCH3 is 2. The van der Waals surface area contributed by atoms with Gasteiger partial charge in [-0.2, -0.15) is 0 Å². The molecule has 0 heterocycles. The van der Waals surface area contributed by atoms with E-state index in [0.29, 0.717) is 0 Å². The van der Waals surface area contributed by atoms with Crippen LogP contribution in [0.15, 0.2) is 0 Å². The van der Waals surface area contributed by atoms with Crippen LogP contribution in [0, 0.1) is 5.41 Å². The van der Waals surface area contributed by atoms with E-state index in [9.17, 15) is 4.79 Å². The molecular weight excluding hydrogens is 220 g/mol. The fourth-order valence-corrected chi connectivity index (χ4v) is 1.25. The van der Waals surface area contributed by atoms with Crippen molar-refractivity contribution in [2.45, 2.75) is 52.5 Å². The number of nitrogens with one attached hydrogen (secondary N) is 1. The van der Waals surface area contributed by atoms with Gasteiger partial charge in [0.15, 0.2) is 6.29 Å². The molecule has 0 aliphatic rings. The minimum absolute atomic E-state index is 0.114. The van der Waals surface area contributed by atoms with Crippen molar-refractivity contribution in [3.05, 3.63) is 0 Å². The summed E-state index contributed by atoms with van der Waals surface area (Å²) in [6.07, 6.45) is -0.462. The molecule has 17 heavy (non-hydrogen) atoms. The summed E-state index contributed by atoms with van der Waals surface area (Å²) in [5.74, 6) is -0.114. The van der Waals surface area contributed by atoms with Crippen LogP contribution in [0.25, 0.3) is 0 Å². The third-order valence-electron chi connectivity index (χ3n) is 3.41. The summed E-state index contributed by atoms with van der Waals surface area (Å²) in [6.45, 7) is 9.14. The van der Waals surface area contributed by atoms with Crippen molar-refractivity contribution in [1.82, 2.24) is 5.32 Å². The Balaban J connectivity index is 4.65. The van der Waals surface area contributed by atoms with Gasteiger partial charge in [0.05, 0.1) is 11.5 Å². The van der Waals surface area contributed by atoms with Crippen molar-refractivity contribution in [1.29, 1.82) is 0 Å². The molecular formula is C12H26N2O3. The van der Waals surface area contributed by atoms with E-state index in [1.165, 1.54) is 14.2 Å². The smallest absolute Gasteiger partial charge is 0.227 e. The van der Waals surface area contributed by atoms with E-state index in [1.54, 1.807) is 0 Å².